The largest absolute Gasteiger partial charge is 0.462 e. The Morgan fingerprint density at radius 2 is 1.75 bits per heavy atom. The Balaban J connectivity index is 2.17. The number of H-pyrrole nitrogens is 1. The fourth-order valence-electron chi connectivity index (χ4n) is 2.80. The molecule has 0 unspecified atom stereocenters. The highest BCUT2D eigenvalue weighted by Gasteiger charge is 2.30. The number of amides is 1. The van der Waals surface area contributed by atoms with Gasteiger partial charge in [0.25, 0.3) is 0 Å². The van der Waals surface area contributed by atoms with E-state index in [-0.39, 0.29) is 17.1 Å². The number of carbonyl (C=O) groups is 2. The lowest BCUT2D eigenvalue weighted by molar-refractivity contribution is -0.115. The van der Waals surface area contributed by atoms with Gasteiger partial charge in [-0.15, -0.1) is 0 Å². The molecule has 152 valence electrons. The smallest absolute Gasteiger partial charge is 0.341 e. The van der Waals surface area contributed by atoms with E-state index < -0.39 is 28.4 Å². The third kappa shape index (κ3) is 4.79. The molecule has 8 nitrogen and oxygen atoms in total. The molecule has 1 aromatic heterocycles. The molecule has 1 amide bonds. The standard InChI is InChI=1S/C19H25N3O5S/c1-6-27-19(24)17-13(4)21-14(5)18(17)28(25,26)20-10-16(23)22-15-8-7-11(2)12(3)9-15/h7-9,20-21H,6,10H2,1-5H3,(H,22,23). The summed E-state index contributed by atoms with van der Waals surface area (Å²) in [4.78, 5) is 27.0. The number of anilines is 1. The van der Waals surface area contributed by atoms with Gasteiger partial charge in [-0.2, -0.15) is 0 Å². The zero-order valence-corrected chi connectivity index (χ0v) is 17.4. The van der Waals surface area contributed by atoms with E-state index >= 15 is 0 Å². The number of aromatic amines is 1. The molecule has 9 heteroatoms. The molecule has 0 fully saturated rings. The quantitative estimate of drug-likeness (QED) is 0.609. The van der Waals surface area contributed by atoms with E-state index in [1.54, 1.807) is 32.9 Å². The zero-order valence-electron chi connectivity index (χ0n) is 16.6. The number of hydrogen-bond acceptors (Lipinski definition) is 5. The first-order valence-corrected chi connectivity index (χ1v) is 10.3. The molecule has 1 heterocycles. The molecule has 2 rings (SSSR count). The lowest BCUT2D eigenvalue weighted by Gasteiger charge is -2.10. The minimum absolute atomic E-state index is 0.0542. The van der Waals surface area contributed by atoms with E-state index in [2.05, 4.69) is 15.0 Å². The van der Waals surface area contributed by atoms with E-state index in [0.717, 1.165) is 11.1 Å². The summed E-state index contributed by atoms with van der Waals surface area (Å²) >= 11 is 0. The number of carbonyl (C=O) groups excluding carboxylic acids is 2. The number of benzene rings is 1. The number of esters is 1. The van der Waals surface area contributed by atoms with E-state index in [1.807, 2.05) is 19.9 Å². The van der Waals surface area contributed by atoms with E-state index in [9.17, 15) is 18.0 Å². The molecule has 0 aliphatic heterocycles. The van der Waals surface area contributed by atoms with Crippen molar-refractivity contribution in [2.45, 2.75) is 39.5 Å². The topological polar surface area (TPSA) is 117 Å². The number of aryl methyl sites for hydroxylation is 4. The van der Waals surface area contributed by atoms with Crippen molar-refractivity contribution in [2.24, 2.45) is 0 Å². The van der Waals surface area contributed by atoms with Crippen LogP contribution in [0.1, 0.15) is 39.8 Å². The molecular formula is C19H25N3O5S. The van der Waals surface area contributed by atoms with Crippen molar-refractivity contribution in [3.8, 4) is 0 Å². The number of rotatable bonds is 7. The fraction of sp³-hybridized carbons (Fsp3) is 0.368. The molecule has 0 spiro atoms. The van der Waals surface area contributed by atoms with Gasteiger partial charge in [0.15, 0.2) is 0 Å². The average Bonchev–Trinajstić information content (AvgIpc) is 2.91. The van der Waals surface area contributed by atoms with Crippen molar-refractivity contribution in [3.63, 3.8) is 0 Å². The molecule has 0 bridgehead atoms. The maximum absolute atomic E-state index is 12.7. The van der Waals surface area contributed by atoms with E-state index in [1.165, 1.54) is 0 Å². The average molecular weight is 407 g/mol. The molecule has 0 atom stereocenters. The summed E-state index contributed by atoms with van der Waals surface area (Å²) in [6.07, 6.45) is 0. The van der Waals surface area contributed by atoms with Crippen LogP contribution in [0.5, 0.6) is 0 Å². The van der Waals surface area contributed by atoms with Crippen molar-refractivity contribution in [1.29, 1.82) is 0 Å². The van der Waals surface area contributed by atoms with Crippen LogP contribution in [0.2, 0.25) is 0 Å². The number of hydrogen-bond donors (Lipinski definition) is 3. The molecule has 3 N–H and O–H groups in total. The third-order valence-electron chi connectivity index (χ3n) is 4.28. The molecule has 0 saturated heterocycles. The molecule has 28 heavy (non-hydrogen) atoms. The van der Waals surface area contributed by atoms with Gasteiger partial charge >= 0.3 is 5.97 Å². The highest BCUT2D eigenvalue weighted by molar-refractivity contribution is 7.89. The van der Waals surface area contributed by atoms with Gasteiger partial charge in [0.05, 0.1) is 13.2 Å². The Hall–Kier alpha value is -2.65. The van der Waals surface area contributed by atoms with Crippen molar-refractivity contribution in [3.05, 3.63) is 46.3 Å². The lowest BCUT2D eigenvalue weighted by atomic mass is 10.1. The lowest BCUT2D eigenvalue weighted by Crippen LogP contribution is -2.33. The van der Waals surface area contributed by atoms with Crippen LogP contribution in [-0.2, 0) is 19.6 Å². The van der Waals surface area contributed by atoms with Gasteiger partial charge in [-0.25, -0.2) is 17.9 Å². The van der Waals surface area contributed by atoms with Crippen LogP contribution in [0.4, 0.5) is 5.69 Å². The van der Waals surface area contributed by atoms with Gasteiger partial charge in [-0.1, -0.05) is 6.07 Å². The van der Waals surface area contributed by atoms with Crippen LogP contribution < -0.4 is 10.0 Å². The molecule has 0 aliphatic carbocycles. The predicted molar refractivity (Wildman–Crippen MR) is 106 cm³/mol. The second-order valence-electron chi connectivity index (χ2n) is 6.47. The fourth-order valence-corrected chi connectivity index (χ4v) is 4.23. The SMILES string of the molecule is CCOC(=O)c1c(C)[nH]c(C)c1S(=O)(=O)NCC(=O)Nc1ccc(C)c(C)c1. The van der Waals surface area contributed by atoms with Gasteiger partial charge in [-0.05, 0) is 57.9 Å². The minimum Gasteiger partial charge on any atom is -0.462 e. The Kier molecular flexibility index (Phi) is 6.63. The van der Waals surface area contributed by atoms with Crippen LogP contribution >= 0.6 is 0 Å². The van der Waals surface area contributed by atoms with E-state index in [4.69, 9.17) is 4.74 Å². The molecular weight excluding hydrogens is 382 g/mol. The van der Waals surface area contributed by atoms with E-state index in [0.29, 0.717) is 17.1 Å². The van der Waals surface area contributed by atoms with Crippen LogP contribution in [0.25, 0.3) is 0 Å². The Morgan fingerprint density at radius 3 is 2.36 bits per heavy atom. The summed E-state index contributed by atoms with van der Waals surface area (Å²) in [7, 11) is -4.11. The summed E-state index contributed by atoms with van der Waals surface area (Å²) in [5, 5.41) is 2.65. The van der Waals surface area contributed by atoms with Gasteiger partial charge in [0.2, 0.25) is 15.9 Å². The van der Waals surface area contributed by atoms with Crippen LogP contribution in [-0.4, -0.2) is 38.4 Å². The summed E-state index contributed by atoms with van der Waals surface area (Å²) < 4.78 is 32.7. The van der Waals surface area contributed by atoms with Crippen molar-refractivity contribution < 1.29 is 22.7 Å². The van der Waals surface area contributed by atoms with Gasteiger partial charge in [0.1, 0.15) is 10.5 Å². The monoisotopic (exact) mass is 407 g/mol. The Morgan fingerprint density at radius 1 is 1.07 bits per heavy atom. The third-order valence-corrected chi connectivity index (χ3v) is 5.85. The Bertz CT molecular complexity index is 1010. The maximum atomic E-state index is 12.7. The molecule has 0 saturated carbocycles. The summed E-state index contributed by atoms with van der Waals surface area (Å²) in [6.45, 7) is 8.29. The second-order valence-corrected chi connectivity index (χ2v) is 8.18. The number of nitrogens with one attached hydrogen (secondary N) is 3. The summed E-state index contributed by atoms with van der Waals surface area (Å²) in [5.74, 6) is -1.25. The summed E-state index contributed by atoms with van der Waals surface area (Å²) in [6, 6.07) is 5.42. The van der Waals surface area contributed by atoms with Crippen molar-refractivity contribution >= 4 is 27.6 Å². The predicted octanol–water partition coefficient (Wildman–Crippen LogP) is 2.34. The first-order valence-electron chi connectivity index (χ1n) is 8.79. The molecule has 0 aliphatic rings. The van der Waals surface area contributed by atoms with Crippen molar-refractivity contribution in [1.82, 2.24) is 9.71 Å². The van der Waals surface area contributed by atoms with Crippen LogP contribution in [0.15, 0.2) is 23.1 Å². The second kappa shape index (κ2) is 8.57. The zero-order chi connectivity index (χ0) is 21.1. The minimum atomic E-state index is -4.11. The molecule has 0 radical (unpaired) electrons. The normalized spacial score (nSPS) is 11.3. The number of sulfonamides is 1. The first-order chi connectivity index (χ1) is 13.1. The van der Waals surface area contributed by atoms with Crippen LogP contribution in [0, 0.1) is 27.7 Å². The van der Waals surface area contributed by atoms with Crippen molar-refractivity contribution in [2.75, 3.05) is 18.5 Å². The van der Waals surface area contributed by atoms with Gasteiger partial charge in [-0.3, -0.25) is 4.79 Å². The number of aromatic nitrogens is 1. The molecule has 1 aromatic carbocycles. The number of ether oxygens (including phenoxy) is 1. The van der Waals surface area contributed by atoms with Gasteiger partial charge < -0.3 is 15.0 Å². The van der Waals surface area contributed by atoms with Crippen LogP contribution in [0.3, 0.4) is 0 Å². The Labute approximate surface area is 164 Å². The first kappa shape index (κ1) is 21.6. The maximum Gasteiger partial charge on any atom is 0.341 e. The highest BCUT2D eigenvalue weighted by Crippen LogP contribution is 2.24. The highest BCUT2D eigenvalue weighted by atomic mass is 32.2. The molecule has 2 aromatic rings. The summed E-state index contributed by atoms with van der Waals surface area (Å²) in [5.41, 5.74) is 3.30. The van der Waals surface area contributed by atoms with Gasteiger partial charge in [0, 0.05) is 17.1 Å².